The van der Waals surface area contributed by atoms with Gasteiger partial charge in [0.1, 0.15) is 20.2 Å². The maximum absolute atomic E-state index is 6.11. The molecule has 0 amide bonds. The number of ether oxygens (including phenoxy) is 1. The minimum Gasteiger partial charge on any atom is -0.489 e. The number of hydrogen-bond donors (Lipinski definition) is 0. The second-order valence-electron chi connectivity index (χ2n) is 5.27. The zero-order valence-electron chi connectivity index (χ0n) is 12.4. The van der Waals surface area contributed by atoms with Crippen LogP contribution in [0.25, 0.3) is 0 Å². The van der Waals surface area contributed by atoms with Crippen molar-refractivity contribution < 1.29 is 4.74 Å². The van der Waals surface area contributed by atoms with E-state index in [1.807, 2.05) is 48.5 Å². The largest absolute Gasteiger partial charge is 0.489 e. The lowest BCUT2D eigenvalue weighted by molar-refractivity contribution is 0.306. The van der Waals surface area contributed by atoms with Gasteiger partial charge in [-0.3, -0.25) is 0 Å². The first kappa shape index (κ1) is 14.5. The van der Waals surface area contributed by atoms with E-state index in [9.17, 15) is 0 Å². The summed E-state index contributed by atoms with van der Waals surface area (Å²) in [6.07, 6.45) is 0.815. The molecule has 0 bridgehead atoms. The Morgan fingerprint density at radius 2 is 1.32 bits per heavy atom. The molecule has 3 aromatic carbocycles. The van der Waals surface area contributed by atoms with Crippen LogP contribution in [-0.2, 0) is 13.0 Å². The molecular formula is C20H17BO. The highest BCUT2D eigenvalue weighted by molar-refractivity contribution is 6.34. The fraction of sp³-hybridized carbons (Fsp3) is 0.100. The molecule has 0 saturated heterocycles. The van der Waals surface area contributed by atoms with Crippen molar-refractivity contribution in [2.45, 2.75) is 13.0 Å². The number of para-hydroxylation sites is 1. The molecule has 0 aliphatic heterocycles. The maximum atomic E-state index is 6.11. The highest BCUT2D eigenvalue weighted by Crippen LogP contribution is 2.20. The first-order chi connectivity index (χ1) is 10.8. The van der Waals surface area contributed by atoms with Crippen molar-refractivity contribution in [3.63, 3.8) is 0 Å². The molecule has 3 aromatic rings. The molecule has 0 atom stereocenters. The topological polar surface area (TPSA) is 9.23 Å². The van der Waals surface area contributed by atoms with Crippen LogP contribution in [0.2, 0.25) is 0 Å². The number of hydrogen-bond acceptors (Lipinski definition) is 1. The lowest BCUT2D eigenvalue weighted by atomic mass is 9.91. The predicted octanol–water partition coefficient (Wildman–Crippen LogP) is 3.65. The van der Waals surface area contributed by atoms with E-state index < -0.39 is 0 Å². The normalized spacial score (nSPS) is 10.4. The van der Waals surface area contributed by atoms with E-state index in [0.717, 1.165) is 23.3 Å². The number of benzene rings is 3. The summed E-state index contributed by atoms with van der Waals surface area (Å²) >= 11 is 0. The Morgan fingerprint density at radius 1 is 0.682 bits per heavy atom. The van der Waals surface area contributed by atoms with E-state index in [1.165, 1.54) is 5.56 Å². The zero-order chi connectivity index (χ0) is 15.2. The fourth-order valence-electron chi connectivity index (χ4n) is 2.47. The average molecular weight is 284 g/mol. The third-order valence-corrected chi connectivity index (χ3v) is 3.59. The summed E-state index contributed by atoms with van der Waals surface area (Å²) in [7, 11) is 6.11. The van der Waals surface area contributed by atoms with Gasteiger partial charge < -0.3 is 4.74 Å². The van der Waals surface area contributed by atoms with Crippen LogP contribution in [0.3, 0.4) is 0 Å². The van der Waals surface area contributed by atoms with Gasteiger partial charge in [-0.1, -0.05) is 84.3 Å². The summed E-state index contributed by atoms with van der Waals surface area (Å²) in [5.74, 6) is 0.787. The molecule has 0 fully saturated rings. The summed E-state index contributed by atoms with van der Waals surface area (Å²) in [6, 6.07) is 26.4. The first-order valence-electron chi connectivity index (χ1n) is 7.41. The molecule has 0 spiro atoms. The zero-order valence-corrected chi connectivity index (χ0v) is 12.4. The lowest BCUT2D eigenvalue weighted by Gasteiger charge is -2.15. The third kappa shape index (κ3) is 3.59. The van der Waals surface area contributed by atoms with Gasteiger partial charge in [-0.05, 0) is 16.7 Å². The van der Waals surface area contributed by atoms with Gasteiger partial charge in [-0.25, -0.2) is 0 Å². The van der Waals surface area contributed by atoms with E-state index in [4.69, 9.17) is 12.6 Å². The number of rotatable bonds is 5. The SMILES string of the molecule is [B]c1cccc(Cc2ccccc2)c1OCc1ccccc1. The van der Waals surface area contributed by atoms with Crippen LogP contribution in [0.1, 0.15) is 16.7 Å². The van der Waals surface area contributed by atoms with Crippen LogP contribution in [0.5, 0.6) is 5.75 Å². The van der Waals surface area contributed by atoms with Crippen LogP contribution in [0.15, 0.2) is 78.9 Å². The van der Waals surface area contributed by atoms with E-state index >= 15 is 0 Å². The van der Waals surface area contributed by atoms with E-state index in [0.29, 0.717) is 12.1 Å². The minimum atomic E-state index is 0.525. The molecule has 0 aliphatic rings. The summed E-state index contributed by atoms with van der Waals surface area (Å²) in [5.41, 5.74) is 4.18. The summed E-state index contributed by atoms with van der Waals surface area (Å²) in [4.78, 5) is 0. The molecule has 0 saturated carbocycles. The van der Waals surface area contributed by atoms with Gasteiger partial charge in [0.2, 0.25) is 0 Å². The molecule has 2 radical (unpaired) electrons. The Balaban J connectivity index is 1.81. The lowest BCUT2D eigenvalue weighted by Crippen LogP contribution is -2.12. The van der Waals surface area contributed by atoms with Crippen molar-refractivity contribution >= 4 is 13.3 Å². The molecule has 106 valence electrons. The van der Waals surface area contributed by atoms with Gasteiger partial charge in [0.15, 0.2) is 0 Å². The van der Waals surface area contributed by atoms with Crippen molar-refractivity contribution in [1.82, 2.24) is 0 Å². The van der Waals surface area contributed by atoms with E-state index in [2.05, 4.69) is 30.3 Å². The second kappa shape index (κ2) is 6.99. The third-order valence-electron chi connectivity index (χ3n) is 3.59. The van der Waals surface area contributed by atoms with E-state index in [-0.39, 0.29) is 0 Å². The van der Waals surface area contributed by atoms with Gasteiger partial charge >= 0.3 is 0 Å². The molecule has 3 rings (SSSR count). The fourth-order valence-corrected chi connectivity index (χ4v) is 2.47. The second-order valence-corrected chi connectivity index (χ2v) is 5.27. The van der Waals surface area contributed by atoms with Gasteiger partial charge in [-0.2, -0.15) is 0 Å². The Hall–Kier alpha value is -2.48. The summed E-state index contributed by atoms with van der Waals surface area (Å²) in [6.45, 7) is 0.525. The van der Waals surface area contributed by atoms with Crippen molar-refractivity contribution in [1.29, 1.82) is 0 Å². The molecule has 0 N–H and O–H groups in total. The molecule has 0 aromatic heterocycles. The molecule has 0 unspecified atom stereocenters. The molecule has 22 heavy (non-hydrogen) atoms. The first-order valence-corrected chi connectivity index (χ1v) is 7.41. The standard InChI is InChI=1S/C20H17BO/c21-19-13-7-12-18(14-16-8-3-1-4-9-16)20(19)22-15-17-10-5-2-6-11-17/h1-13H,14-15H2. The van der Waals surface area contributed by atoms with Gasteiger partial charge in [0, 0.05) is 6.42 Å². The van der Waals surface area contributed by atoms with Crippen molar-refractivity contribution in [3.8, 4) is 5.75 Å². The van der Waals surface area contributed by atoms with E-state index in [1.54, 1.807) is 0 Å². The van der Waals surface area contributed by atoms with Crippen LogP contribution in [0.4, 0.5) is 0 Å². The molecule has 1 nitrogen and oxygen atoms in total. The Morgan fingerprint density at radius 3 is 2.00 bits per heavy atom. The summed E-state index contributed by atoms with van der Waals surface area (Å²) < 4.78 is 6.00. The monoisotopic (exact) mass is 284 g/mol. The highest BCUT2D eigenvalue weighted by atomic mass is 16.5. The van der Waals surface area contributed by atoms with Gasteiger partial charge in [0.25, 0.3) is 0 Å². The molecular weight excluding hydrogens is 267 g/mol. The quantitative estimate of drug-likeness (QED) is 0.650. The smallest absolute Gasteiger partial charge is 0.119 e. The maximum Gasteiger partial charge on any atom is 0.119 e. The Labute approximate surface area is 133 Å². The van der Waals surface area contributed by atoms with Crippen LogP contribution >= 0.6 is 0 Å². The Kier molecular flexibility index (Phi) is 4.60. The molecule has 0 heterocycles. The Bertz CT molecular complexity index is 723. The van der Waals surface area contributed by atoms with Gasteiger partial charge in [0.05, 0.1) is 0 Å². The van der Waals surface area contributed by atoms with Crippen LogP contribution in [-0.4, -0.2) is 7.85 Å². The average Bonchev–Trinajstić information content (AvgIpc) is 2.56. The molecule has 2 heteroatoms. The predicted molar refractivity (Wildman–Crippen MR) is 91.9 cm³/mol. The van der Waals surface area contributed by atoms with Crippen molar-refractivity contribution in [2.24, 2.45) is 0 Å². The summed E-state index contributed by atoms with van der Waals surface area (Å²) in [5, 5.41) is 0. The van der Waals surface area contributed by atoms with Crippen LogP contribution in [0, 0.1) is 0 Å². The van der Waals surface area contributed by atoms with Crippen molar-refractivity contribution in [2.75, 3.05) is 0 Å². The minimum absolute atomic E-state index is 0.525. The van der Waals surface area contributed by atoms with Crippen molar-refractivity contribution in [3.05, 3.63) is 95.6 Å². The highest BCUT2D eigenvalue weighted by Gasteiger charge is 2.07. The van der Waals surface area contributed by atoms with Crippen LogP contribution < -0.4 is 10.2 Å². The van der Waals surface area contributed by atoms with Gasteiger partial charge in [-0.15, -0.1) is 0 Å². The molecule has 0 aliphatic carbocycles.